The summed E-state index contributed by atoms with van der Waals surface area (Å²) >= 11 is 0. The number of rotatable bonds is 6. The molecule has 1 aromatic carbocycles. The van der Waals surface area contributed by atoms with Crippen LogP contribution in [0.25, 0.3) is 0 Å². The topological polar surface area (TPSA) is 49.7 Å². The van der Waals surface area contributed by atoms with E-state index in [-0.39, 0.29) is 12.0 Å². The summed E-state index contributed by atoms with van der Waals surface area (Å²) in [7, 11) is 0. The first kappa shape index (κ1) is 15.5. The first-order chi connectivity index (χ1) is 9.65. The van der Waals surface area contributed by atoms with Gasteiger partial charge in [0.2, 0.25) is 0 Å². The fourth-order valence-electron chi connectivity index (χ4n) is 3.04. The fourth-order valence-corrected chi connectivity index (χ4v) is 3.04. The zero-order valence-electron chi connectivity index (χ0n) is 12.2. The van der Waals surface area contributed by atoms with Gasteiger partial charge in [-0.2, -0.15) is 0 Å². The highest BCUT2D eigenvalue weighted by Crippen LogP contribution is 2.31. The lowest BCUT2D eigenvalue weighted by molar-refractivity contribution is -0.0167. The van der Waals surface area contributed by atoms with E-state index >= 15 is 0 Å². The maximum absolute atomic E-state index is 10.0. The molecule has 4 unspecified atom stereocenters. The van der Waals surface area contributed by atoms with Gasteiger partial charge in [0.25, 0.3) is 0 Å². The third kappa shape index (κ3) is 4.89. The van der Waals surface area contributed by atoms with Crippen LogP contribution in [-0.4, -0.2) is 29.0 Å². The second kappa shape index (κ2) is 7.77. The first-order valence-corrected chi connectivity index (χ1v) is 7.63. The van der Waals surface area contributed by atoms with E-state index < -0.39 is 6.10 Å². The maximum atomic E-state index is 10.0. The Labute approximate surface area is 121 Å². The zero-order valence-corrected chi connectivity index (χ0v) is 12.2. The summed E-state index contributed by atoms with van der Waals surface area (Å²) in [6.45, 7) is 3.09. The van der Waals surface area contributed by atoms with Crippen LogP contribution in [0.15, 0.2) is 30.3 Å². The van der Waals surface area contributed by atoms with Crippen molar-refractivity contribution in [3.63, 3.8) is 0 Å². The Bertz CT molecular complexity index is 379. The molecule has 0 spiro atoms. The fraction of sp³-hybridized carbons (Fsp3) is 0.647. The molecule has 0 heterocycles. The van der Waals surface area contributed by atoms with Crippen LogP contribution in [-0.2, 0) is 11.3 Å². The third-order valence-corrected chi connectivity index (χ3v) is 4.20. The van der Waals surface area contributed by atoms with Gasteiger partial charge in [0.05, 0.1) is 25.4 Å². The van der Waals surface area contributed by atoms with Crippen LogP contribution in [0.4, 0.5) is 0 Å². The molecule has 0 bridgehead atoms. The Morgan fingerprint density at radius 3 is 2.75 bits per heavy atom. The van der Waals surface area contributed by atoms with Crippen LogP contribution < -0.4 is 0 Å². The highest BCUT2D eigenvalue weighted by atomic mass is 16.5. The molecule has 4 atom stereocenters. The number of hydrogen-bond acceptors (Lipinski definition) is 3. The summed E-state index contributed by atoms with van der Waals surface area (Å²) < 4.78 is 5.55. The van der Waals surface area contributed by atoms with Crippen LogP contribution in [0.5, 0.6) is 0 Å². The van der Waals surface area contributed by atoms with Crippen molar-refractivity contribution >= 4 is 0 Å². The predicted molar refractivity (Wildman–Crippen MR) is 79.2 cm³/mol. The zero-order chi connectivity index (χ0) is 14.4. The normalized spacial score (nSPS) is 28.2. The average molecular weight is 278 g/mol. The molecule has 1 aliphatic carbocycles. The van der Waals surface area contributed by atoms with Crippen LogP contribution >= 0.6 is 0 Å². The summed E-state index contributed by atoms with van der Waals surface area (Å²) in [6.07, 6.45) is 2.87. The van der Waals surface area contributed by atoms with Gasteiger partial charge in [0, 0.05) is 0 Å². The van der Waals surface area contributed by atoms with Gasteiger partial charge in [0.1, 0.15) is 0 Å². The highest BCUT2D eigenvalue weighted by molar-refractivity contribution is 5.13. The van der Waals surface area contributed by atoms with Gasteiger partial charge in [-0.1, -0.05) is 37.3 Å². The Balaban J connectivity index is 1.68. The summed E-state index contributed by atoms with van der Waals surface area (Å²) in [6, 6.07) is 9.96. The summed E-state index contributed by atoms with van der Waals surface area (Å²) in [4.78, 5) is 0. The van der Waals surface area contributed by atoms with E-state index in [4.69, 9.17) is 4.74 Å². The third-order valence-electron chi connectivity index (χ3n) is 4.20. The quantitative estimate of drug-likeness (QED) is 0.841. The second-order valence-electron chi connectivity index (χ2n) is 6.14. The molecule has 2 rings (SSSR count). The Hall–Kier alpha value is -0.900. The predicted octanol–water partition coefficient (Wildman–Crippen LogP) is 2.75. The Morgan fingerprint density at radius 2 is 2.00 bits per heavy atom. The van der Waals surface area contributed by atoms with Gasteiger partial charge >= 0.3 is 0 Å². The van der Waals surface area contributed by atoms with Crippen molar-refractivity contribution in [2.75, 3.05) is 6.61 Å². The molecular formula is C17H26O3. The molecule has 3 heteroatoms. The number of aliphatic hydroxyl groups is 2. The Kier molecular flexibility index (Phi) is 6.02. The van der Waals surface area contributed by atoms with Gasteiger partial charge < -0.3 is 14.9 Å². The van der Waals surface area contributed by atoms with Crippen LogP contribution in [0, 0.1) is 11.8 Å². The molecular weight excluding hydrogens is 252 g/mol. The molecule has 0 aromatic heterocycles. The van der Waals surface area contributed by atoms with E-state index in [9.17, 15) is 10.2 Å². The highest BCUT2D eigenvalue weighted by Gasteiger charge is 2.28. The molecule has 1 aromatic rings. The number of aliphatic hydroxyl groups excluding tert-OH is 2. The average Bonchev–Trinajstić information content (AvgIpc) is 2.44. The smallest absolute Gasteiger partial charge is 0.0777 e. The van der Waals surface area contributed by atoms with Gasteiger partial charge in [-0.15, -0.1) is 0 Å². The largest absolute Gasteiger partial charge is 0.393 e. The van der Waals surface area contributed by atoms with Gasteiger partial charge in [0.15, 0.2) is 0 Å². The molecule has 1 fully saturated rings. The summed E-state index contributed by atoms with van der Waals surface area (Å²) in [5.74, 6) is 0.870. The molecule has 20 heavy (non-hydrogen) atoms. The minimum Gasteiger partial charge on any atom is -0.393 e. The monoisotopic (exact) mass is 278 g/mol. The van der Waals surface area contributed by atoms with E-state index in [1.165, 1.54) is 0 Å². The van der Waals surface area contributed by atoms with E-state index in [0.29, 0.717) is 25.6 Å². The lowest BCUT2D eigenvalue weighted by atomic mass is 9.78. The first-order valence-electron chi connectivity index (χ1n) is 7.63. The maximum Gasteiger partial charge on any atom is 0.0777 e. The van der Waals surface area contributed by atoms with Crippen LogP contribution in [0.3, 0.4) is 0 Å². The molecule has 0 amide bonds. The molecule has 112 valence electrons. The number of hydrogen-bond donors (Lipinski definition) is 2. The van der Waals surface area contributed by atoms with Gasteiger partial charge in [-0.3, -0.25) is 0 Å². The van der Waals surface area contributed by atoms with E-state index in [0.717, 1.165) is 24.8 Å². The summed E-state index contributed by atoms with van der Waals surface area (Å²) in [5.41, 5.74) is 1.12. The Morgan fingerprint density at radius 1 is 1.25 bits per heavy atom. The lowest BCUT2D eigenvalue weighted by Crippen LogP contribution is -2.32. The number of benzene rings is 1. The SMILES string of the molecule is CC1CCC(O)C(CC(O)COCc2ccccc2)C1. The van der Waals surface area contributed by atoms with Crippen molar-refractivity contribution in [1.29, 1.82) is 0 Å². The molecule has 1 saturated carbocycles. The van der Waals surface area contributed by atoms with E-state index in [2.05, 4.69) is 6.92 Å². The van der Waals surface area contributed by atoms with Crippen molar-refractivity contribution < 1.29 is 14.9 Å². The van der Waals surface area contributed by atoms with Crippen molar-refractivity contribution in [3.8, 4) is 0 Å². The van der Waals surface area contributed by atoms with Crippen LogP contribution in [0.2, 0.25) is 0 Å². The minimum absolute atomic E-state index is 0.217. The molecule has 2 N–H and O–H groups in total. The van der Waals surface area contributed by atoms with Crippen molar-refractivity contribution in [2.45, 2.75) is 51.4 Å². The van der Waals surface area contributed by atoms with Crippen molar-refractivity contribution in [1.82, 2.24) is 0 Å². The van der Waals surface area contributed by atoms with Crippen LogP contribution in [0.1, 0.15) is 38.2 Å². The van der Waals surface area contributed by atoms with Crippen molar-refractivity contribution in [2.24, 2.45) is 11.8 Å². The summed E-state index contributed by atoms with van der Waals surface area (Å²) in [5, 5.41) is 20.0. The minimum atomic E-state index is -0.483. The van der Waals surface area contributed by atoms with Crippen molar-refractivity contribution in [3.05, 3.63) is 35.9 Å². The van der Waals surface area contributed by atoms with E-state index in [1.54, 1.807) is 0 Å². The molecule has 0 aliphatic heterocycles. The second-order valence-corrected chi connectivity index (χ2v) is 6.14. The van der Waals surface area contributed by atoms with Gasteiger partial charge in [-0.05, 0) is 43.1 Å². The molecule has 0 radical (unpaired) electrons. The number of ether oxygens (including phenoxy) is 1. The van der Waals surface area contributed by atoms with E-state index in [1.807, 2.05) is 30.3 Å². The molecule has 0 saturated heterocycles. The van der Waals surface area contributed by atoms with Gasteiger partial charge in [-0.25, -0.2) is 0 Å². The lowest BCUT2D eigenvalue weighted by Gasteiger charge is -2.32. The molecule has 1 aliphatic rings. The standard InChI is InChI=1S/C17H26O3/c1-13-7-8-17(19)15(9-13)10-16(18)12-20-11-14-5-3-2-4-6-14/h2-6,13,15-19H,7-12H2,1H3. The molecule has 3 nitrogen and oxygen atoms in total.